The van der Waals surface area contributed by atoms with Crippen LogP contribution in [0.3, 0.4) is 0 Å². The van der Waals surface area contributed by atoms with Crippen molar-refractivity contribution in [3.05, 3.63) is 11.3 Å². The van der Waals surface area contributed by atoms with Crippen molar-refractivity contribution in [3.8, 4) is 0 Å². The van der Waals surface area contributed by atoms with E-state index < -0.39 is 0 Å². The molecular formula is C9H13ClN6OS2. The zero-order valence-electron chi connectivity index (χ0n) is 10.3. The van der Waals surface area contributed by atoms with Crippen LogP contribution in [-0.4, -0.2) is 37.0 Å². The lowest BCUT2D eigenvalue weighted by Crippen LogP contribution is -2.13. The van der Waals surface area contributed by atoms with Gasteiger partial charge in [-0.15, -0.1) is 22.6 Å². The minimum Gasteiger partial charge on any atom is -0.300 e. The fourth-order valence-electron chi connectivity index (χ4n) is 1.07. The Morgan fingerprint density at radius 1 is 1.53 bits per heavy atom. The smallest absolute Gasteiger partial charge is 0.236 e. The molecule has 0 aliphatic carbocycles. The third-order valence-corrected chi connectivity index (χ3v) is 3.93. The second-order valence-corrected chi connectivity index (χ2v) is 5.70. The van der Waals surface area contributed by atoms with Gasteiger partial charge < -0.3 is 0 Å². The molecule has 2 heterocycles. The summed E-state index contributed by atoms with van der Waals surface area (Å²) in [5.41, 5.74) is 0. The van der Waals surface area contributed by atoms with Crippen LogP contribution in [0.5, 0.6) is 0 Å². The molecule has 0 aliphatic heterocycles. The van der Waals surface area contributed by atoms with E-state index in [2.05, 4.69) is 30.7 Å². The Hall–Kier alpha value is -1.19. The average molecular weight is 321 g/mol. The molecule has 0 fully saturated rings. The van der Waals surface area contributed by atoms with Crippen LogP contribution in [0.15, 0.2) is 11.5 Å². The van der Waals surface area contributed by atoms with Gasteiger partial charge in [0, 0.05) is 5.92 Å². The molecule has 2 N–H and O–H groups in total. The maximum atomic E-state index is 11.6. The molecular weight excluding hydrogens is 308 g/mol. The van der Waals surface area contributed by atoms with Gasteiger partial charge in [-0.1, -0.05) is 36.9 Å². The number of carbonyl (C=O) groups is 1. The van der Waals surface area contributed by atoms with Gasteiger partial charge in [-0.05, 0) is 0 Å². The highest BCUT2D eigenvalue weighted by Crippen LogP contribution is 2.22. The number of hydrogen-bond donors (Lipinski definition) is 2. The summed E-state index contributed by atoms with van der Waals surface area (Å²) in [6, 6.07) is 0. The van der Waals surface area contributed by atoms with Crippen LogP contribution in [0.1, 0.15) is 24.8 Å². The molecule has 1 amide bonds. The number of aromatic amines is 1. The lowest BCUT2D eigenvalue weighted by molar-refractivity contribution is -0.113. The lowest BCUT2D eigenvalue weighted by Gasteiger charge is -1.98. The van der Waals surface area contributed by atoms with E-state index in [0.29, 0.717) is 16.2 Å². The van der Waals surface area contributed by atoms with Gasteiger partial charge in [0.05, 0.1) is 5.75 Å². The lowest BCUT2D eigenvalue weighted by atomic mass is 10.2. The highest BCUT2D eigenvalue weighted by atomic mass is 35.5. The number of nitrogens with zero attached hydrogens (tertiary/aromatic N) is 4. The predicted octanol–water partition coefficient (Wildman–Crippen LogP) is 1.93. The van der Waals surface area contributed by atoms with Gasteiger partial charge in [-0.3, -0.25) is 15.2 Å². The monoisotopic (exact) mass is 320 g/mol. The zero-order valence-corrected chi connectivity index (χ0v) is 12.7. The molecule has 0 saturated heterocycles. The Morgan fingerprint density at radius 2 is 2.32 bits per heavy atom. The molecule has 0 bridgehead atoms. The minimum atomic E-state index is -0.136. The predicted molar refractivity (Wildman–Crippen MR) is 77.0 cm³/mol. The number of thioether (sulfide) groups is 1. The van der Waals surface area contributed by atoms with Crippen molar-refractivity contribution < 1.29 is 4.79 Å². The number of anilines is 1. The summed E-state index contributed by atoms with van der Waals surface area (Å²) >= 11 is 2.68. The van der Waals surface area contributed by atoms with Crippen molar-refractivity contribution in [1.82, 2.24) is 25.4 Å². The fraction of sp³-hybridized carbons (Fsp3) is 0.444. The standard InChI is InChI=1S/C9H12N6OS2.ClH/c1-5(2)7-13-15-9(18-7)12-6(16)3-17-8-10-4-11-14-8;/h4-5H,3H2,1-2H3,(H,10,11,14)(H,12,15,16);1H. The number of aromatic nitrogens is 5. The second kappa shape index (κ2) is 7.41. The maximum absolute atomic E-state index is 11.6. The first kappa shape index (κ1) is 15.9. The molecule has 0 aromatic carbocycles. The van der Waals surface area contributed by atoms with Crippen LogP contribution in [-0.2, 0) is 4.79 Å². The van der Waals surface area contributed by atoms with Crippen molar-refractivity contribution in [3.63, 3.8) is 0 Å². The molecule has 10 heteroatoms. The van der Waals surface area contributed by atoms with Gasteiger partial charge >= 0.3 is 0 Å². The molecule has 0 aliphatic rings. The molecule has 2 aromatic rings. The van der Waals surface area contributed by atoms with E-state index in [4.69, 9.17) is 0 Å². The minimum absolute atomic E-state index is 0. The van der Waals surface area contributed by atoms with Gasteiger partial charge in [-0.2, -0.15) is 5.10 Å². The van der Waals surface area contributed by atoms with Crippen molar-refractivity contribution in [1.29, 1.82) is 0 Å². The first-order chi connectivity index (χ1) is 8.65. The fourth-order valence-corrected chi connectivity index (χ4v) is 2.41. The Morgan fingerprint density at radius 3 is 2.89 bits per heavy atom. The van der Waals surface area contributed by atoms with Gasteiger partial charge in [0.2, 0.25) is 11.0 Å². The normalized spacial score (nSPS) is 10.3. The summed E-state index contributed by atoms with van der Waals surface area (Å²) in [5, 5.41) is 19.0. The van der Waals surface area contributed by atoms with E-state index in [0.717, 1.165) is 5.01 Å². The molecule has 104 valence electrons. The van der Waals surface area contributed by atoms with Crippen molar-refractivity contribution in [2.24, 2.45) is 0 Å². The van der Waals surface area contributed by atoms with Gasteiger partial charge in [0.15, 0.2) is 5.16 Å². The molecule has 2 rings (SSSR count). The first-order valence-electron chi connectivity index (χ1n) is 5.26. The van der Waals surface area contributed by atoms with Crippen LogP contribution in [0.4, 0.5) is 5.13 Å². The van der Waals surface area contributed by atoms with Crippen LogP contribution < -0.4 is 5.32 Å². The van der Waals surface area contributed by atoms with Crippen molar-refractivity contribution in [2.45, 2.75) is 24.9 Å². The number of halogens is 1. The van der Waals surface area contributed by atoms with Gasteiger partial charge in [0.1, 0.15) is 11.3 Å². The van der Waals surface area contributed by atoms with Crippen molar-refractivity contribution in [2.75, 3.05) is 11.1 Å². The van der Waals surface area contributed by atoms with E-state index in [-0.39, 0.29) is 24.1 Å². The highest BCUT2D eigenvalue weighted by Gasteiger charge is 2.11. The molecule has 19 heavy (non-hydrogen) atoms. The third kappa shape index (κ3) is 4.77. The molecule has 7 nitrogen and oxygen atoms in total. The molecule has 2 aromatic heterocycles. The Balaban J connectivity index is 0.00000180. The SMILES string of the molecule is CC(C)c1nnc(NC(=O)CSc2ncn[nH]2)s1.Cl. The van der Waals surface area contributed by atoms with E-state index >= 15 is 0 Å². The number of amides is 1. The van der Waals surface area contributed by atoms with E-state index in [9.17, 15) is 4.79 Å². The number of rotatable bonds is 5. The summed E-state index contributed by atoms with van der Waals surface area (Å²) in [7, 11) is 0. The number of nitrogens with one attached hydrogen (secondary N) is 2. The van der Waals surface area contributed by atoms with Gasteiger partial charge in [-0.25, -0.2) is 4.98 Å². The highest BCUT2D eigenvalue weighted by molar-refractivity contribution is 7.99. The Labute approximate surface area is 124 Å². The second-order valence-electron chi connectivity index (χ2n) is 3.73. The molecule has 0 spiro atoms. The maximum Gasteiger partial charge on any atom is 0.236 e. The zero-order chi connectivity index (χ0) is 13.0. The number of carbonyl (C=O) groups excluding carboxylic acids is 1. The van der Waals surface area contributed by atoms with Crippen LogP contribution in [0.2, 0.25) is 0 Å². The van der Waals surface area contributed by atoms with Crippen LogP contribution >= 0.6 is 35.5 Å². The summed E-state index contributed by atoms with van der Waals surface area (Å²) in [5.74, 6) is 0.436. The van der Waals surface area contributed by atoms with E-state index in [1.807, 2.05) is 13.8 Å². The summed E-state index contributed by atoms with van der Waals surface area (Å²) < 4.78 is 0. The van der Waals surface area contributed by atoms with Gasteiger partial charge in [0.25, 0.3) is 0 Å². The quantitative estimate of drug-likeness (QED) is 0.817. The first-order valence-corrected chi connectivity index (χ1v) is 7.07. The molecule has 0 unspecified atom stereocenters. The topological polar surface area (TPSA) is 96.5 Å². The number of hydrogen-bond acceptors (Lipinski definition) is 7. The van der Waals surface area contributed by atoms with Crippen molar-refractivity contribution >= 4 is 46.5 Å². The summed E-state index contributed by atoms with van der Waals surface area (Å²) in [6.45, 7) is 4.07. The summed E-state index contributed by atoms with van der Waals surface area (Å²) in [4.78, 5) is 15.5. The summed E-state index contributed by atoms with van der Waals surface area (Å²) in [6.07, 6.45) is 1.40. The number of H-pyrrole nitrogens is 1. The van der Waals surface area contributed by atoms with E-state index in [1.54, 1.807) is 0 Å². The molecule has 0 radical (unpaired) electrons. The van der Waals surface area contributed by atoms with E-state index in [1.165, 1.54) is 29.4 Å². The largest absolute Gasteiger partial charge is 0.300 e. The molecule has 0 saturated carbocycles. The third-order valence-electron chi connectivity index (χ3n) is 1.91. The average Bonchev–Trinajstić information content (AvgIpc) is 2.96. The Kier molecular flexibility index (Phi) is 6.19. The van der Waals surface area contributed by atoms with Crippen LogP contribution in [0.25, 0.3) is 0 Å². The molecule has 0 atom stereocenters. The van der Waals surface area contributed by atoms with Crippen LogP contribution in [0, 0.1) is 0 Å². The Bertz CT molecular complexity index is 515.